The van der Waals surface area contributed by atoms with Crippen molar-refractivity contribution < 1.29 is 4.74 Å². The number of nitrogens with zero attached hydrogens (tertiary/aromatic N) is 2. The van der Waals surface area contributed by atoms with E-state index >= 15 is 0 Å². The van der Waals surface area contributed by atoms with Crippen LogP contribution in [0.5, 0.6) is 0 Å². The van der Waals surface area contributed by atoms with Crippen LogP contribution in [0.2, 0.25) is 0 Å². The predicted octanol–water partition coefficient (Wildman–Crippen LogP) is 0.599. The van der Waals surface area contributed by atoms with Crippen LogP contribution in [-0.2, 0) is 11.8 Å². The van der Waals surface area contributed by atoms with E-state index in [9.17, 15) is 0 Å². The highest BCUT2D eigenvalue weighted by atomic mass is 16.5. The summed E-state index contributed by atoms with van der Waals surface area (Å²) in [5.74, 6) is 0.982. The first kappa shape index (κ1) is 8.72. The van der Waals surface area contributed by atoms with Crippen molar-refractivity contribution in [3.8, 4) is 0 Å². The molecule has 0 radical (unpaired) electrons. The fourth-order valence-corrected chi connectivity index (χ4v) is 1.69. The van der Waals surface area contributed by atoms with Gasteiger partial charge in [0.1, 0.15) is 11.9 Å². The van der Waals surface area contributed by atoms with Gasteiger partial charge in [-0.05, 0) is 12.8 Å². The summed E-state index contributed by atoms with van der Waals surface area (Å²) in [6.07, 6.45) is 5.65. The van der Waals surface area contributed by atoms with Gasteiger partial charge in [-0.1, -0.05) is 0 Å². The highest BCUT2D eigenvalue weighted by Crippen LogP contribution is 2.25. The van der Waals surface area contributed by atoms with Crippen molar-refractivity contribution in [1.29, 1.82) is 0 Å². The third-order valence-corrected chi connectivity index (χ3v) is 2.47. The molecule has 0 aliphatic carbocycles. The zero-order valence-electron chi connectivity index (χ0n) is 7.81. The summed E-state index contributed by atoms with van der Waals surface area (Å²) < 4.78 is 7.60. The smallest absolute Gasteiger partial charge is 0.137 e. The molecule has 0 aromatic carbocycles. The highest BCUT2D eigenvalue weighted by molar-refractivity contribution is 4.98. The third-order valence-electron chi connectivity index (χ3n) is 2.47. The van der Waals surface area contributed by atoms with Crippen LogP contribution in [0.1, 0.15) is 24.8 Å². The Kier molecular flexibility index (Phi) is 2.33. The van der Waals surface area contributed by atoms with Crippen LogP contribution in [0.15, 0.2) is 12.4 Å². The van der Waals surface area contributed by atoms with E-state index in [4.69, 9.17) is 10.5 Å². The lowest BCUT2D eigenvalue weighted by Gasteiger charge is -2.26. The minimum Gasteiger partial charge on any atom is -0.370 e. The Morgan fingerprint density at radius 3 is 3.15 bits per heavy atom. The molecule has 13 heavy (non-hydrogen) atoms. The van der Waals surface area contributed by atoms with Crippen LogP contribution in [-0.4, -0.2) is 22.2 Å². The second kappa shape index (κ2) is 3.47. The number of ether oxygens (including phenoxy) is 1. The fourth-order valence-electron chi connectivity index (χ4n) is 1.69. The summed E-state index contributed by atoms with van der Waals surface area (Å²) in [4.78, 5) is 4.26. The van der Waals surface area contributed by atoms with E-state index in [0.29, 0.717) is 0 Å². The first-order valence-electron chi connectivity index (χ1n) is 4.62. The van der Waals surface area contributed by atoms with Crippen LogP contribution in [0.25, 0.3) is 0 Å². The zero-order chi connectivity index (χ0) is 9.26. The Balaban J connectivity index is 2.12. The molecule has 72 valence electrons. The Morgan fingerprint density at radius 1 is 1.69 bits per heavy atom. The van der Waals surface area contributed by atoms with Crippen LogP contribution in [0, 0.1) is 0 Å². The van der Waals surface area contributed by atoms with Crippen molar-refractivity contribution in [2.75, 3.05) is 6.61 Å². The molecule has 1 aliphatic heterocycles. The van der Waals surface area contributed by atoms with E-state index in [1.54, 1.807) is 6.20 Å². The maximum absolute atomic E-state index is 5.86. The average Bonchev–Trinajstić information content (AvgIpc) is 2.51. The van der Waals surface area contributed by atoms with Gasteiger partial charge in [-0.2, -0.15) is 0 Å². The van der Waals surface area contributed by atoms with Crippen LogP contribution in [0.3, 0.4) is 0 Å². The van der Waals surface area contributed by atoms with Crippen molar-refractivity contribution in [2.24, 2.45) is 12.8 Å². The standard InChI is InChI=1S/C9H15N3O/c1-12-4-3-11-9(12)8-6-7(10)2-5-13-8/h3-4,7-8H,2,5-6,10H2,1H3/t7-,8-/m0/s1. The first-order chi connectivity index (χ1) is 6.27. The molecular formula is C9H15N3O. The molecule has 2 N–H and O–H groups in total. The molecular weight excluding hydrogens is 166 g/mol. The quantitative estimate of drug-likeness (QED) is 0.690. The molecule has 1 aromatic heterocycles. The summed E-state index contributed by atoms with van der Waals surface area (Å²) in [5, 5.41) is 0. The van der Waals surface area contributed by atoms with Crippen LogP contribution < -0.4 is 5.73 Å². The number of nitrogens with two attached hydrogens (primary N) is 1. The van der Waals surface area contributed by atoms with Crippen LogP contribution >= 0.6 is 0 Å². The molecule has 2 atom stereocenters. The summed E-state index contributed by atoms with van der Waals surface area (Å²) in [6.45, 7) is 0.749. The summed E-state index contributed by atoms with van der Waals surface area (Å²) in [7, 11) is 1.98. The van der Waals surface area contributed by atoms with Crippen molar-refractivity contribution in [1.82, 2.24) is 9.55 Å². The Hall–Kier alpha value is -0.870. The van der Waals surface area contributed by atoms with E-state index in [0.717, 1.165) is 25.3 Å². The summed E-state index contributed by atoms with van der Waals surface area (Å²) in [5.41, 5.74) is 5.86. The molecule has 4 heteroatoms. The van der Waals surface area contributed by atoms with Gasteiger partial charge in [-0.15, -0.1) is 0 Å². The first-order valence-corrected chi connectivity index (χ1v) is 4.62. The molecule has 1 fully saturated rings. The summed E-state index contributed by atoms with van der Waals surface area (Å²) >= 11 is 0. The number of aryl methyl sites for hydroxylation is 1. The molecule has 4 nitrogen and oxygen atoms in total. The molecule has 0 bridgehead atoms. The van der Waals surface area contributed by atoms with E-state index in [1.165, 1.54) is 0 Å². The molecule has 0 spiro atoms. The molecule has 0 unspecified atom stereocenters. The SMILES string of the molecule is Cn1ccnc1[C@@H]1C[C@@H](N)CCO1. The summed E-state index contributed by atoms with van der Waals surface area (Å²) in [6, 6.07) is 0.260. The van der Waals surface area contributed by atoms with Gasteiger partial charge < -0.3 is 15.0 Å². The van der Waals surface area contributed by atoms with Gasteiger partial charge in [0.25, 0.3) is 0 Å². The van der Waals surface area contributed by atoms with Crippen molar-refractivity contribution in [3.63, 3.8) is 0 Å². The Morgan fingerprint density at radius 2 is 2.54 bits per heavy atom. The second-order valence-electron chi connectivity index (χ2n) is 3.54. The van der Waals surface area contributed by atoms with E-state index < -0.39 is 0 Å². The fraction of sp³-hybridized carbons (Fsp3) is 0.667. The number of rotatable bonds is 1. The van der Waals surface area contributed by atoms with E-state index in [2.05, 4.69) is 4.98 Å². The maximum atomic E-state index is 5.86. The Bertz CT molecular complexity index is 284. The lowest BCUT2D eigenvalue weighted by molar-refractivity contribution is -0.000116. The van der Waals surface area contributed by atoms with Crippen molar-refractivity contribution in [2.45, 2.75) is 25.0 Å². The molecule has 0 amide bonds. The van der Waals surface area contributed by atoms with Gasteiger partial charge in [0.05, 0.1) is 0 Å². The van der Waals surface area contributed by atoms with Gasteiger partial charge in [0.2, 0.25) is 0 Å². The Labute approximate surface area is 77.7 Å². The predicted molar refractivity (Wildman–Crippen MR) is 49.1 cm³/mol. The topological polar surface area (TPSA) is 53.1 Å². The highest BCUT2D eigenvalue weighted by Gasteiger charge is 2.23. The lowest BCUT2D eigenvalue weighted by Crippen LogP contribution is -2.31. The van der Waals surface area contributed by atoms with Crippen molar-refractivity contribution >= 4 is 0 Å². The number of aromatic nitrogens is 2. The number of hydrogen-bond donors (Lipinski definition) is 1. The number of hydrogen-bond acceptors (Lipinski definition) is 3. The third kappa shape index (κ3) is 1.73. The molecule has 2 rings (SSSR count). The van der Waals surface area contributed by atoms with Gasteiger partial charge >= 0.3 is 0 Å². The van der Waals surface area contributed by atoms with Gasteiger partial charge in [-0.3, -0.25) is 0 Å². The van der Waals surface area contributed by atoms with Gasteiger partial charge in [0.15, 0.2) is 0 Å². The second-order valence-corrected chi connectivity index (χ2v) is 3.54. The van der Waals surface area contributed by atoms with Gasteiger partial charge in [0, 0.05) is 32.1 Å². The zero-order valence-corrected chi connectivity index (χ0v) is 7.81. The van der Waals surface area contributed by atoms with Crippen molar-refractivity contribution in [3.05, 3.63) is 18.2 Å². The lowest BCUT2D eigenvalue weighted by atomic mass is 10.0. The number of imidazole rings is 1. The largest absolute Gasteiger partial charge is 0.370 e. The molecule has 2 heterocycles. The van der Waals surface area contributed by atoms with Crippen LogP contribution in [0.4, 0.5) is 0 Å². The molecule has 1 aromatic rings. The molecule has 0 saturated carbocycles. The minimum atomic E-state index is 0.0868. The molecule has 1 saturated heterocycles. The van der Waals surface area contributed by atoms with E-state index in [1.807, 2.05) is 17.8 Å². The normalized spacial score (nSPS) is 29.1. The molecule has 1 aliphatic rings. The maximum Gasteiger partial charge on any atom is 0.137 e. The minimum absolute atomic E-state index is 0.0868. The average molecular weight is 181 g/mol. The van der Waals surface area contributed by atoms with Gasteiger partial charge in [-0.25, -0.2) is 4.98 Å². The van der Waals surface area contributed by atoms with E-state index in [-0.39, 0.29) is 12.1 Å². The monoisotopic (exact) mass is 181 g/mol.